The number of para-hydroxylation sites is 1. The molecule has 26 heavy (non-hydrogen) atoms. The van der Waals surface area contributed by atoms with E-state index in [1.807, 2.05) is 33.8 Å². The smallest absolute Gasteiger partial charge is 0.251 e. The van der Waals surface area contributed by atoms with Crippen LogP contribution in [0, 0.1) is 33.5 Å². The highest BCUT2D eigenvalue weighted by atomic mass is 19.1. The molecule has 0 aliphatic rings. The molecule has 3 rings (SSSR count). The third kappa shape index (κ3) is 3.61. The first-order valence-electron chi connectivity index (χ1n) is 8.27. The lowest BCUT2D eigenvalue weighted by Gasteiger charge is -2.07. The molecule has 0 fully saturated rings. The van der Waals surface area contributed by atoms with Crippen LogP contribution < -0.4 is 5.32 Å². The second-order valence-corrected chi connectivity index (χ2v) is 6.22. The van der Waals surface area contributed by atoms with Crippen molar-refractivity contribution in [1.29, 1.82) is 0 Å². The molecule has 0 aliphatic carbocycles. The van der Waals surface area contributed by atoms with Crippen LogP contribution in [0.5, 0.6) is 0 Å². The molecule has 1 N–H and O–H groups in total. The predicted octanol–water partition coefficient (Wildman–Crippen LogP) is 3.22. The number of rotatable bonds is 4. The van der Waals surface area contributed by atoms with Crippen molar-refractivity contribution in [2.45, 2.75) is 34.1 Å². The largest absolute Gasteiger partial charge is 0.323 e. The van der Waals surface area contributed by atoms with Crippen LogP contribution >= 0.6 is 0 Å². The number of aromatic nitrogens is 4. The van der Waals surface area contributed by atoms with E-state index in [0.29, 0.717) is 11.6 Å². The molecular formula is C19H20FN5O. The highest BCUT2D eigenvalue weighted by molar-refractivity contribution is 5.92. The number of amides is 1. The van der Waals surface area contributed by atoms with Gasteiger partial charge in [-0.05, 0) is 45.9 Å². The molecule has 2 aromatic heterocycles. The van der Waals surface area contributed by atoms with E-state index < -0.39 is 5.82 Å². The van der Waals surface area contributed by atoms with Gasteiger partial charge in [-0.25, -0.2) is 19.0 Å². The fourth-order valence-corrected chi connectivity index (χ4v) is 2.85. The van der Waals surface area contributed by atoms with E-state index in [0.717, 1.165) is 22.6 Å². The molecule has 1 aromatic carbocycles. The van der Waals surface area contributed by atoms with Gasteiger partial charge in [0.05, 0.1) is 17.8 Å². The van der Waals surface area contributed by atoms with Crippen molar-refractivity contribution >= 4 is 11.6 Å². The average molecular weight is 353 g/mol. The van der Waals surface area contributed by atoms with E-state index in [-0.39, 0.29) is 18.0 Å². The van der Waals surface area contributed by atoms with Crippen molar-refractivity contribution in [3.05, 3.63) is 64.5 Å². The minimum atomic E-state index is -0.464. The minimum Gasteiger partial charge on any atom is -0.323 e. The number of hydrogen-bond donors (Lipinski definition) is 1. The first-order valence-corrected chi connectivity index (χ1v) is 8.27. The number of aryl methyl sites for hydroxylation is 3. The number of carbonyl (C=O) groups excluding carboxylic acids is 1. The second kappa shape index (κ2) is 7.03. The molecule has 7 heteroatoms. The van der Waals surface area contributed by atoms with Crippen molar-refractivity contribution in [3.63, 3.8) is 0 Å². The Labute approximate surface area is 151 Å². The van der Waals surface area contributed by atoms with E-state index in [9.17, 15) is 9.18 Å². The number of nitrogens with zero attached hydrogens (tertiary/aromatic N) is 4. The maximum atomic E-state index is 13.7. The topological polar surface area (TPSA) is 72.7 Å². The monoisotopic (exact) mass is 353 g/mol. The Balaban J connectivity index is 1.86. The SMILES string of the molecule is Cc1cc(C)nc(-n2nc(C)c(CC(=O)Nc3ccccc3F)c2C)n1. The van der Waals surface area contributed by atoms with Crippen LogP contribution in [0.1, 0.15) is 28.3 Å². The zero-order valence-corrected chi connectivity index (χ0v) is 15.2. The summed E-state index contributed by atoms with van der Waals surface area (Å²) in [6, 6.07) is 7.97. The van der Waals surface area contributed by atoms with E-state index in [1.54, 1.807) is 16.8 Å². The van der Waals surface area contributed by atoms with Crippen LogP contribution in [0.4, 0.5) is 10.1 Å². The predicted molar refractivity (Wildman–Crippen MR) is 96.8 cm³/mol. The molecule has 0 radical (unpaired) electrons. The fourth-order valence-electron chi connectivity index (χ4n) is 2.85. The van der Waals surface area contributed by atoms with Crippen LogP contribution in [0.3, 0.4) is 0 Å². The normalized spacial score (nSPS) is 10.8. The summed E-state index contributed by atoms with van der Waals surface area (Å²) in [5.41, 5.74) is 4.14. The molecule has 1 amide bonds. The van der Waals surface area contributed by atoms with Crippen molar-refractivity contribution in [1.82, 2.24) is 19.7 Å². The van der Waals surface area contributed by atoms with Crippen LogP contribution in [0.2, 0.25) is 0 Å². The first kappa shape index (κ1) is 17.7. The zero-order valence-electron chi connectivity index (χ0n) is 15.2. The summed E-state index contributed by atoms with van der Waals surface area (Å²) >= 11 is 0. The molecule has 0 spiro atoms. The molecule has 0 aliphatic heterocycles. The molecule has 0 unspecified atom stereocenters. The molecule has 6 nitrogen and oxygen atoms in total. The summed E-state index contributed by atoms with van der Waals surface area (Å²) in [7, 11) is 0. The molecule has 0 saturated carbocycles. The average Bonchev–Trinajstić information content (AvgIpc) is 2.84. The second-order valence-electron chi connectivity index (χ2n) is 6.22. The first-order chi connectivity index (χ1) is 12.3. The van der Waals surface area contributed by atoms with Crippen LogP contribution in [-0.4, -0.2) is 25.7 Å². The number of hydrogen-bond acceptors (Lipinski definition) is 4. The van der Waals surface area contributed by atoms with E-state index in [4.69, 9.17) is 0 Å². The van der Waals surface area contributed by atoms with Gasteiger partial charge < -0.3 is 5.32 Å². The Hall–Kier alpha value is -3.09. The van der Waals surface area contributed by atoms with Crippen molar-refractivity contribution in [3.8, 4) is 5.95 Å². The molecule has 3 aromatic rings. The lowest BCUT2D eigenvalue weighted by molar-refractivity contribution is -0.115. The molecule has 0 bridgehead atoms. The Bertz CT molecular complexity index is 960. The molecule has 0 saturated heterocycles. The molecule has 0 atom stereocenters. The number of anilines is 1. The lowest BCUT2D eigenvalue weighted by Crippen LogP contribution is -2.16. The van der Waals surface area contributed by atoms with E-state index in [1.165, 1.54) is 12.1 Å². The highest BCUT2D eigenvalue weighted by Gasteiger charge is 2.18. The molecule has 134 valence electrons. The van der Waals surface area contributed by atoms with Crippen molar-refractivity contribution in [2.75, 3.05) is 5.32 Å². The van der Waals surface area contributed by atoms with Gasteiger partial charge in [0.15, 0.2) is 0 Å². The summed E-state index contributed by atoms with van der Waals surface area (Å²) < 4.78 is 15.3. The van der Waals surface area contributed by atoms with Gasteiger partial charge in [-0.15, -0.1) is 0 Å². The van der Waals surface area contributed by atoms with Gasteiger partial charge in [-0.2, -0.15) is 5.10 Å². The van der Waals surface area contributed by atoms with Gasteiger partial charge in [-0.3, -0.25) is 4.79 Å². The third-order valence-corrected chi connectivity index (χ3v) is 4.09. The Morgan fingerprint density at radius 2 is 1.77 bits per heavy atom. The summed E-state index contributed by atoms with van der Waals surface area (Å²) in [6.07, 6.45) is 0.0940. The zero-order chi connectivity index (χ0) is 18.8. The van der Waals surface area contributed by atoms with Gasteiger partial charge in [0.2, 0.25) is 5.91 Å². The quantitative estimate of drug-likeness (QED) is 0.782. The number of nitrogens with one attached hydrogen (secondary N) is 1. The van der Waals surface area contributed by atoms with Crippen LogP contribution in [-0.2, 0) is 11.2 Å². The van der Waals surface area contributed by atoms with Crippen molar-refractivity contribution in [2.24, 2.45) is 0 Å². The summed E-state index contributed by atoms with van der Waals surface area (Å²) in [5, 5.41) is 7.08. The number of halogens is 1. The number of carbonyl (C=O) groups is 1. The summed E-state index contributed by atoms with van der Waals surface area (Å²) in [4.78, 5) is 21.2. The third-order valence-electron chi connectivity index (χ3n) is 4.09. The standard InChI is InChI=1S/C19H20FN5O/c1-11-9-12(2)22-19(21-11)25-14(4)15(13(3)24-25)10-18(26)23-17-8-6-5-7-16(17)20/h5-9H,10H2,1-4H3,(H,23,26). The van der Waals surface area contributed by atoms with Gasteiger partial charge in [-0.1, -0.05) is 12.1 Å². The fraction of sp³-hybridized carbons (Fsp3) is 0.263. The van der Waals surface area contributed by atoms with Crippen LogP contribution in [0.25, 0.3) is 5.95 Å². The van der Waals surface area contributed by atoms with E-state index >= 15 is 0 Å². The molecular weight excluding hydrogens is 333 g/mol. The van der Waals surface area contributed by atoms with Gasteiger partial charge in [0.1, 0.15) is 5.82 Å². The van der Waals surface area contributed by atoms with Gasteiger partial charge in [0, 0.05) is 22.6 Å². The highest BCUT2D eigenvalue weighted by Crippen LogP contribution is 2.19. The maximum Gasteiger partial charge on any atom is 0.251 e. The lowest BCUT2D eigenvalue weighted by atomic mass is 10.1. The maximum absolute atomic E-state index is 13.7. The van der Waals surface area contributed by atoms with Crippen molar-refractivity contribution < 1.29 is 9.18 Å². The Kier molecular flexibility index (Phi) is 4.79. The Morgan fingerprint density at radius 1 is 1.12 bits per heavy atom. The number of benzene rings is 1. The van der Waals surface area contributed by atoms with E-state index in [2.05, 4.69) is 20.4 Å². The van der Waals surface area contributed by atoms with Crippen LogP contribution in [0.15, 0.2) is 30.3 Å². The Morgan fingerprint density at radius 3 is 2.42 bits per heavy atom. The van der Waals surface area contributed by atoms with Gasteiger partial charge >= 0.3 is 0 Å². The summed E-state index contributed by atoms with van der Waals surface area (Å²) in [5.74, 6) is -0.292. The molecule has 2 heterocycles. The summed E-state index contributed by atoms with van der Waals surface area (Å²) in [6.45, 7) is 7.49. The van der Waals surface area contributed by atoms with Gasteiger partial charge in [0.25, 0.3) is 5.95 Å². The minimum absolute atomic E-state index is 0.0940.